The second-order valence-corrected chi connectivity index (χ2v) is 4.39. The van der Waals surface area contributed by atoms with Crippen LogP contribution < -0.4 is 10.2 Å². The fraction of sp³-hybridized carbons (Fsp3) is 0.214. The molecule has 0 bridgehead atoms. The van der Waals surface area contributed by atoms with Gasteiger partial charge in [-0.3, -0.25) is 10.2 Å². The van der Waals surface area contributed by atoms with Gasteiger partial charge in [0, 0.05) is 18.9 Å². The minimum absolute atomic E-state index is 0.182. The molecule has 96 valence electrons. The molecule has 19 heavy (non-hydrogen) atoms. The summed E-state index contributed by atoms with van der Waals surface area (Å²) in [5, 5.41) is 2.79. The van der Waals surface area contributed by atoms with Crippen molar-refractivity contribution in [3.8, 4) is 0 Å². The summed E-state index contributed by atoms with van der Waals surface area (Å²) in [6, 6.07) is 9.15. The topological polar surface area (TPSA) is 58.1 Å². The second kappa shape index (κ2) is 5.06. The number of amides is 2. The van der Waals surface area contributed by atoms with E-state index in [-0.39, 0.29) is 6.03 Å². The predicted octanol–water partition coefficient (Wildman–Crippen LogP) is 2.46. The van der Waals surface area contributed by atoms with E-state index in [4.69, 9.17) is 0 Å². The van der Waals surface area contributed by atoms with Crippen molar-refractivity contribution in [3.05, 3.63) is 48.3 Å². The number of hydrogen-bond donors (Lipinski definition) is 1. The lowest BCUT2D eigenvalue weighted by Gasteiger charge is -2.27. The zero-order valence-electron chi connectivity index (χ0n) is 10.4. The van der Waals surface area contributed by atoms with E-state index in [1.807, 2.05) is 24.3 Å². The normalized spacial score (nSPS) is 13.8. The SMILES string of the molecule is O=C(Nc1ccccn1)N1CCCc2cccnc21. The summed E-state index contributed by atoms with van der Waals surface area (Å²) in [6.07, 6.45) is 5.29. The standard InChI is InChI=1S/C14H14N4O/c19-14(17-12-7-1-2-8-15-12)18-10-4-6-11-5-3-9-16-13(11)18/h1-3,5,7-9H,4,6,10H2,(H,15,17,19). The third-order valence-electron chi connectivity index (χ3n) is 3.10. The molecule has 0 aromatic carbocycles. The van der Waals surface area contributed by atoms with E-state index in [9.17, 15) is 4.79 Å². The number of carbonyl (C=O) groups is 1. The van der Waals surface area contributed by atoms with Crippen LogP contribution in [0.25, 0.3) is 0 Å². The molecular weight excluding hydrogens is 240 g/mol. The Kier molecular flexibility index (Phi) is 3.10. The van der Waals surface area contributed by atoms with Gasteiger partial charge in [-0.25, -0.2) is 14.8 Å². The maximum absolute atomic E-state index is 12.3. The number of carbonyl (C=O) groups excluding carboxylic acids is 1. The van der Waals surface area contributed by atoms with E-state index in [0.717, 1.165) is 24.2 Å². The van der Waals surface area contributed by atoms with Crippen molar-refractivity contribution < 1.29 is 4.79 Å². The third kappa shape index (κ3) is 2.40. The Morgan fingerprint density at radius 3 is 2.89 bits per heavy atom. The highest BCUT2D eigenvalue weighted by Gasteiger charge is 2.23. The molecule has 0 spiro atoms. The van der Waals surface area contributed by atoms with E-state index in [1.54, 1.807) is 23.4 Å². The van der Waals surface area contributed by atoms with E-state index >= 15 is 0 Å². The van der Waals surface area contributed by atoms with Gasteiger partial charge in [0.05, 0.1) is 0 Å². The lowest BCUT2D eigenvalue weighted by Crippen LogP contribution is -2.39. The van der Waals surface area contributed by atoms with Crippen molar-refractivity contribution in [2.45, 2.75) is 12.8 Å². The lowest BCUT2D eigenvalue weighted by molar-refractivity contribution is 0.256. The number of fused-ring (bicyclic) bond motifs is 1. The molecule has 5 heteroatoms. The number of hydrogen-bond acceptors (Lipinski definition) is 3. The second-order valence-electron chi connectivity index (χ2n) is 4.39. The molecule has 5 nitrogen and oxygen atoms in total. The molecule has 0 saturated carbocycles. The Morgan fingerprint density at radius 2 is 2.05 bits per heavy atom. The predicted molar refractivity (Wildman–Crippen MR) is 73.2 cm³/mol. The van der Waals surface area contributed by atoms with Crippen LogP contribution in [0, 0.1) is 0 Å². The first-order valence-corrected chi connectivity index (χ1v) is 6.28. The van der Waals surface area contributed by atoms with Crippen LogP contribution in [-0.4, -0.2) is 22.5 Å². The fourth-order valence-corrected chi connectivity index (χ4v) is 2.21. The number of nitrogens with zero attached hydrogens (tertiary/aromatic N) is 3. The van der Waals surface area contributed by atoms with Crippen LogP contribution in [0.15, 0.2) is 42.7 Å². The Hall–Kier alpha value is -2.43. The Labute approximate surface area is 111 Å². The third-order valence-corrected chi connectivity index (χ3v) is 3.10. The summed E-state index contributed by atoms with van der Waals surface area (Å²) >= 11 is 0. The molecule has 1 aliphatic rings. The Balaban J connectivity index is 1.82. The molecule has 1 aliphatic heterocycles. The highest BCUT2D eigenvalue weighted by Crippen LogP contribution is 2.24. The largest absolute Gasteiger partial charge is 0.328 e. The molecule has 1 N–H and O–H groups in total. The summed E-state index contributed by atoms with van der Waals surface area (Å²) in [7, 11) is 0. The zero-order valence-corrected chi connectivity index (χ0v) is 10.4. The van der Waals surface area contributed by atoms with Crippen molar-refractivity contribution in [1.29, 1.82) is 0 Å². The van der Waals surface area contributed by atoms with Crippen LogP contribution in [0.3, 0.4) is 0 Å². The summed E-state index contributed by atoms with van der Waals surface area (Å²) in [4.78, 5) is 22.3. The van der Waals surface area contributed by atoms with Crippen molar-refractivity contribution >= 4 is 17.7 Å². The molecule has 0 aliphatic carbocycles. The minimum Gasteiger partial charge on any atom is -0.292 e. The Morgan fingerprint density at radius 1 is 1.16 bits per heavy atom. The Bertz CT molecular complexity index is 585. The van der Waals surface area contributed by atoms with Crippen molar-refractivity contribution in [1.82, 2.24) is 9.97 Å². The molecular formula is C14H14N4O. The summed E-state index contributed by atoms with van der Waals surface area (Å²) in [5.74, 6) is 1.30. The molecule has 3 rings (SSSR count). The zero-order chi connectivity index (χ0) is 13.1. The smallest absolute Gasteiger partial charge is 0.292 e. The van der Waals surface area contributed by atoms with Crippen LogP contribution in [0.5, 0.6) is 0 Å². The number of rotatable bonds is 1. The van der Waals surface area contributed by atoms with Gasteiger partial charge in [0.25, 0.3) is 0 Å². The number of anilines is 2. The van der Waals surface area contributed by atoms with Gasteiger partial charge in [-0.1, -0.05) is 12.1 Å². The van der Waals surface area contributed by atoms with E-state index in [2.05, 4.69) is 15.3 Å². The van der Waals surface area contributed by atoms with Gasteiger partial charge < -0.3 is 0 Å². The van der Waals surface area contributed by atoms with E-state index in [1.165, 1.54) is 0 Å². The summed E-state index contributed by atoms with van der Waals surface area (Å²) < 4.78 is 0. The first-order chi connectivity index (χ1) is 9.34. The van der Waals surface area contributed by atoms with Crippen molar-refractivity contribution in [2.75, 3.05) is 16.8 Å². The minimum atomic E-state index is -0.182. The molecule has 0 atom stereocenters. The molecule has 2 amide bonds. The van der Waals surface area contributed by atoms with Crippen LogP contribution in [0.1, 0.15) is 12.0 Å². The van der Waals surface area contributed by atoms with Gasteiger partial charge in [0.2, 0.25) is 0 Å². The highest BCUT2D eigenvalue weighted by molar-refractivity contribution is 6.01. The summed E-state index contributed by atoms with van der Waals surface area (Å²) in [6.45, 7) is 0.683. The monoisotopic (exact) mass is 254 g/mol. The number of nitrogens with one attached hydrogen (secondary N) is 1. The van der Waals surface area contributed by atoms with Crippen LogP contribution in [0.4, 0.5) is 16.4 Å². The molecule has 2 aromatic rings. The number of aromatic nitrogens is 2. The summed E-state index contributed by atoms with van der Waals surface area (Å²) in [5.41, 5.74) is 1.12. The van der Waals surface area contributed by atoms with Crippen LogP contribution >= 0.6 is 0 Å². The number of aryl methyl sites for hydroxylation is 1. The van der Waals surface area contributed by atoms with Gasteiger partial charge >= 0.3 is 6.03 Å². The maximum atomic E-state index is 12.3. The van der Waals surface area contributed by atoms with Gasteiger partial charge in [-0.05, 0) is 36.6 Å². The first kappa shape index (κ1) is 11.6. The quantitative estimate of drug-likeness (QED) is 0.850. The van der Waals surface area contributed by atoms with Gasteiger partial charge in [-0.15, -0.1) is 0 Å². The van der Waals surface area contributed by atoms with Gasteiger partial charge in [0.1, 0.15) is 11.6 Å². The van der Waals surface area contributed by atoms with Crippen LogP contribution in [-0.2, 0) is 6.42 Å². The average molecular weight is 254 g/mol. The number of pyridine rings is 2. The maximum Gasteiger partial charge on any atom is 0.328 e. The molecule has 2 aromatic heterocycles. The van der Waals surface area contributed by atoms with Crippen LogP contribution in [0.2, 0.25) is 0 Å². The van der Waals surface area contributed by atoms with Gasteiger partial charge in [0.15, 0.2) is 0 Å². The lowest BCUT2D eigenvalue weighted by atomic mass is 10.1. The first-order valence-electron chi connectivity index (χ1n) is 6.28. The number of urea groups is 1. The molecule has 0 saturated heterocycles. The molecule has 0 fully saturated rings. The average Bonchev–Trinajstić information content (AvgIpc) is 2.47. The molecule has 0 radical (unpaired) electrons. The van der Waals surface area contributed by atoms with E-state index in [0.29, 0.717) is 12.4 Å². The highest BCUT2D eigenvalue weighted by atomic mass is 16.2. The molecule has 3 heterocycles. The van der Waals surface area contributed by atoms with Crippen molar-refractivity contribution in [2.24, 2.45) is 0 Å². The fourth-order valence-electron chi connectivity index (χ4n) is 2.21. The van der Waals surface area contributed by atoms with Crippen molar-refractivity contribution in [3.63, 3.8) is 0 Å². The van der Waals surface area contributed by atoms with E-state index < -0.39 is 0 Å². The molecule has 0 unspecified atom stereocenters. The van der Waals surface area contributed by atoms with Gasteiger partial charge in [-0.2, -0.15) is 0 Å².